The van der Waals surface area contributed by atoms with E-state index in [1.165, 1.54) is 11.3 Å². The van der Waals surface area contributed by atoms with Crippen LogP contribution in [-0.2, 0) is 21.2 Å². The van der Waals surface area contributed by atoms with Crippen LogP contribution < -0.4 is 4.72 Å². The molecule has 8 nitrogen and oxygen atoms in total. The Morgan fingerprint density at radius 2 is 1.97 bits per heavy atom. The number of thiophene rings is 1. The van der Waals surface area contributed by atoms with Crippen LogP contribution in [0.25, 0.3) is 11.4 Å². The van der Waals surface area contributed by atoms with E-state index in [2.05, 4.69) is 14.9 Å². The maximum atomic E-state index is 12.5. The first kappa shape index (κ1) is 21.9. The topological polar surface area (TPSA) is 105 Å². The van der Waals surface area contributed by atoms with Gasteiger partial charge in [-0.15, -0.1) is 11.3 Å². The van der Waals surface area contributed by atoms with Crippen molar-refractivity contribution in [3.8, 4) is 11.4 Å². The van der Waals surface area contributed by atoms with Crippen molar-refractivity contribution < 1.29 is 17.7 Å². The average Bonchev–Trinajstić information content (AvgIpc) is 3.46. The quantitative estimate of drug-likeness (QED) is 0.556. The predicted molar refractivity (Wildman–Crippen MR) is 117 cm³/mol. The molecule has 1 amide bonds. The summed E-state index contributed by atoms with van der Waals surface area (Å²) >= 11 is 7.08. The molecule has 3 heterocycles. The molecule has 31 heavy (non-hydrogen) atoms. The first-order valence-corrected chi connectivity index (χ1v) is 12.6. The fraction of sp³-hybridized carbons (Fsp3) is 0.350. The van der Waals surface area contributed by atoms with Crippen molar-refractivity contribution in [3.63, 3.8) is 0 Å². The molecule has 0 saturated carbocycles. The lowest BCUT2D eigenvalue weighted by Crippen LogP contribution is -2.46. The highest BCUT2D eigenvalue weighted by Crippen LogP contribution is 2.21. The van der Waals surface area contributed by atoms with Gasteiger partial charge in [-0.05, 0) is 48.6 Å². The summed E-state index contributed by atoms with van der Waals surface area (Å²) in [6.45, 7) is 1.02. The Morgan fingerprint density at radius 3 is 2.65 bits per heavy atom. The molecule has 0 radical (unpaired) electrons. The first-order chi connectivity index (χ1) is 14.9. The molecule has 0 bridgehead atoms. The Morgan fingerprint density at radius 1 is 1.23 bits per heavy atom. The van der Waals surface area contributed by atoms with E-state index in [4.69, 9.17) is 16.1 Å². The van der Waals surface area contributed by atoms with Gasteiger partial charge in [-0.1, -0.05) is 22.8 Å². The standard InChI is InChI=1S/C20H21ClN4O4S2/c21-15-5-3-14(4-6-15)20-22-17(29-23-20)7-8-18(26)25-11-9-16(10-12-25)24-31(27,28)19-2-1-13-30-19/h1-6,13,16,24H,7-12H2. The highest BCUT2D eigenvalue weighted by molar-refractivity contribution is 7.91. The van der Waals surface area contributed by atoms with E-state index in [1.54, 1.807) is 46.7 Å². The van der Waals surface area contributed by atoms with Gasteiger partial charge in [-0.3, -0.25) is 4.79 Å². The minimum absolute atomic E-state index is 0.00851. The molecule has 0 unspecified atom stereocenters. The summed E-state index contributed by atoms with van der Waals surface area (Å²) in [6.07, 6.45) is 1.77. The molecule has 2 aromatic heterocycles. The molecule has 1 N–H and O–H groups in total. The number of carbonyl (C=O) groups excluding carboxylic acids is 1. The van der Waals surface area contributed by atoms with Gasteiger partial charge in [-0.25, -0.2) is 13.1 Å². The van der Waals surface area contributed by atoms with Crippen LogP contribution in [0.15, 0.2) is 50.5 Å². The number of piperidine rings is 1. The third-order valence-corrected chi connectivity index (χ3v) is 8.22. The number of hydrogen-bond acceptors (Lipinski definition) is 7. The van der Waals surface area contributed by atoms with E-state index < -0.39 is 10.0 Å². The third-order valence-electron chi connectivity index (χ3n) is 5.05. The third kappa shape index (κ3) is 5.51. The van der Waals surface area contributed by atoms with Gasteiger partial charge in [0.2, 0.25) is 27.6 Å². The lowest BCUT2D eigenvalue weighted by atomic mass is 10.1. The zero-order valence-electron chi connectivity index (χ0n) is 16.5. The van der Waals surface area contributed by atoms with E-state index in [1.807, 2.05) is 0 Å². The van der Waals surface area contributed by atoms with Crippen molar-refractivity contribution >= 4 is 38.9 Å². The van der Waals surface area contributed by atoms with Gasteiger partial charge >= 0.3 is 0 Å². The normalized spacial score (nSPS) is 15.3. The molecule has 0 atom stereocenters. The number of rotatable bonds is 7. The Hall–Kier alpha value is -2.27. The average molecular weight is 481 g/mol. The number of amides is 1. The van der Waals surface area contributed by atoms with Crippen LogP contribution in [0, 0.1) is 0 Å². The lowest BCUT2D eigenvalue weighted by Gasteiger charge is -2.32. The second kappa shape index (κ2) is 9.47. The van der Waals surface area contributed by atoms with Gasteiger partial charge < -0.3 is 9.42 Å². The zero-order valence-corrected chi connectivity index (χ0v) is 18.9. The molecule has 1 aliphatic heterocycles. The summed E-state index contributed by atoms with van der Waals surface area (Å²) in [7, 11) is -3.49. The van der Waals surface area contributed by atoms with Crippen LogP contribution in [0.1, 0.15) is 25.2 Å². The minimum atomic E-state index is -3.49. The van der Waals surface area contributed by atoms with Crippen molar-refractivity contribution in [2.45, 2.75) is 35.9 Å². The summed E-state index contributed by atoms with van der Waals surface area (Å²) < 4.78 is 33.0. The molecule has 164 valence electrons. The summed E-state index contributed by atoms with van der Waals surface area (Å²) in [6, 6.07) is 10.2. The Labute approximate surface area is 189 Å². The number of halogens is 1. The fourth-order valence-corrected chi connectivity index (χ4v) is 5.83. The van der Waals surface area contributed by atoms with Crippen LogP contribution in [0.4, 0.5) is 0 Å². The number of aromatic nitrogens is 2. The van der Waals surface area contributed by atoms with Crippen LogP contribution >= 0.6 is 22.9 Å². The lowest BCUT2D eigenvalue weighted by molar-refractivity contribution is -0.132. The number of benzene rings is 1. The predicted octanol–water partition coefficient (Wildman–Crippen LogP) is 3.35. The summed E-state index contributed by atoms with van der Waals surface area (Å²) in [5.41, 5.74) is 0.790. The second-order valence-electron chi connectivity index (χ2n) is 7.23. The Bertz CT molecular complexity index is 1120. The largest absolute Gasteiger partial charge is 0.343 e. The SMILES string of the molecule is O=C(CCc1nc(-c2ccc(Cl)cc2)no1)N1CCC(NS(=O)(=O)c2cccs2)CC1. The van der Waals surface area contributed by atoms with Gasteiger partial charge in [0.25, 0.3) is 0 Å². The van der Waals surface area contributed by atoms with Crippen molar-refractivity contribution in [1.82, 2.24) is 19.8 Å². The van der Waals surface area contributed by atoms with Gasteiger partial charge in [0.15, 0.2) is 0 Å². The number of carbonyl (C=O) groups is 1. The van der Waals surface area contributed by atoms with E-state index >= 15 is 0 Å². The summed E-state index contributed by atoms with van der Waals surface area (Å²) in [4.78, 5) is 18.6. The minimum Gasteiger partial charge on any atom is -0.343 e. The molecule has 4 rings (SSSR count). The summed E-state index contributed by atoms with van der Waals surface area (Å²) in [5.74, 6) is 0.848. The molecule has 1 fully saturated rings. The fourth-order valence-electron chi connectivity index (χ4n) is 3.39. The van der Waals surface area contributed by atoms with Crippen LogP contribution in [0.2, 0.25) is 5.02 Å². The van der Waals surface area contributed by atoms with Crippen molar-refractivity contribution in [3.05, 3.63) is 52.7 Å². The van der Waals surface area contributed by atoms with Crippen molar-refractivity contribution in [2.24, 2.45) is 0 Å². The van der Waals surface area contributed by atoms with E-state index in [9.17, 15) is 13.2 Å². The summed E-state index contributed by atoms with van der Waals surface area (Å²) in [5, 5.41) is 6.31. The number of hydrogen-bond donors (Lipinski definition) is 1. The van der Waals surface area contributed by atoms with Gasteiger partial charge in [0, 0.05) is 42.6 Å². The number of aryl methyl sites for hydroxylation is 1. The van der Waals surface area contributed by atoms with Gasteiger partial charge in [-0.2, -0.15) is 4.98 Å². The zero-order chi connectivity index (χ0) is 21.8. The highest BCUT2D eigenvalue weighted by Gasteiger charge is 2.27. The van der Waals surface area contributed by atoms with Gasteiger partial charge in [0.1, 0.15) is 4.21 Å². The van der Waals surface area contributed by atoms with Crippen LogP contribution in [-0.4, -0.2) is 48.5 Å². The number of sulfonamides is 1. The molecular weight excluding hydrogens is 460 g/mol. The Balaban J connectivity index is 1.25. The molecular formula is C20H21ClN4O4S2. The molecule has 1 saturated heterocycles. The van der Waals surface area contributed by atoms with Crippen molar-refractivity contribution in [1.29, 1.82) is 0 Å². The van der Waals surface area contributed by atoms with E-state index in [-0.39, 0.29) is 18.4 Å². The Kier molecular flexibility index (Phi) is 6.71. The monoisotopic (exact) mass is 480 g/mol. The van der Waals surface area contributed by atoms with Crippen molar-refractivity contribution in [2.75, 3.05) is 13.1 Å². The highest BCUT2D eigenvalue weighted by atomic mass is 35.5. The maximum Gasteiger partial charge on any atom is 0.250 e. The van der Waals surface area contributed by atoms with Crippen LogP contribution in [0.3, 0.4) is 0 Å². The molecule has 3 aromatic rings. The number of nitrogens with one attached hydrogen (secondary N) is 1. The van der Waals surface area contributed by atoms with E-state index in [0.717, 1.165) is 5.56 Å². The molecule has 1 aromatic carbocycles. The number of nitrogens with zero attached hydrogens (tertiary/aromatic N) is 3. The van der Waals surface area contributed by atoms with E-state index in [0.29, 0.717) is 53.3 Å². The molecule has 0 spiro atoms. The van der Waals surface area contributed by atoms with Crippen LogP contribution in [0.5, 0.6) is 0 Å². The van der Waals surface area contributed by atoms with Gasteiger partial charge in [0.05, 0.1) is 0 Å². The molecule has 1 aliphatic rings. The smallest absolute Gasteiger partial charge is 0.250 e. The maximum absolute atomic E-state index is 12.5. The molecule has 0 aliphatic carbocycles. The molecule has 11 heteroatoms. The number of likely N-dealkylation sites (tertiary alicyclic amines) is 1. The first-order valence-electron chi connectivity index (χ1n) is 9.83. The second-order valence-corrected chi connectivity index (χ2v) is 10.6.